The van der Waals surface area contributed by atoms with E-state index in [-0.39, 0.29) is 6.61 Å². The van der Waals surface area contributed by atoms with Crippen LogP contribution in [0.5, 0.6) is 0 Å². The molecule has 0 atom stereocenters. The van der Waals surface area contributed by atoms with Crippen LogP contribution in [0.4, 0.5) is 10.5 Å². The second-order valence-electron chi connectivity index (χ2n) is 4.82. The third-order valence-electron chi connectivity index (χ3n) is 3.03. The van der Waals surface area contributed by atoms with Crippen molar-refractivity contribution in [2.75, 3.05) is 12.3 Å². The Balaban J connectivity index is 1.66. The maximum absolute atomic E-state index is 11.5. The highest BCUT2D eigenvalue weighted by atomic mass is 35.5. The minimum absolute atomic E-state index is 0.259. The number of nitrogens with one attached hydrogen (secondary N) is 1. The van der Waals surface area contributed by atoms with E-state index in [9.17, 15) is 4.79 Å². The Kier molecular flexibility index (Phi) is 6.44. The van der Waals surface area contributed by atoms with Gasteiger partial charge in [0, 0.05) is 24.0 Å². The second kappa shape index (κ2) is 8.80. The van der Waals surface area contributed by atoms with Gasteiger partial charge in [0.1, 0.15) is 11.8 Å². The fourth-order valence-electron chi connectivity index (χ4n) is 1.84. The van der Waals surface area contributed by atoms with Gasteiger partial charge in [0.05, 0.1) is 0 Å². The Hall–Kier alpha value is -2.53. The molecule has 23 heavy (non-hydrogen) atoms. The molecule has 0 aliphatic heterocycles. The molecule has 120 valence electrons. The van der Waals surface area contributed by atoms with Gasteiger partial charge in [0.2, 0.25) is 0 Å². The first-order valence-corrected chi connectivity index (χ1v) is 7.55. The molecule has 0 aliphatic carbocycles. The largest absolute Gasteiger partial charge is 0.445 e. The zero-order chi connectivity index (χ0) is 16.5. The normalized spacial score (nSPS) is 10.7. The van der Waals surface area contributed by atoms with Crippen LogP contribution in [0.25, 0.3) is 6.08 Å². The van der Waals surface area contributed by atoms with Crippen molar-refractivity contribution < 1.29 is 9.53 Å². The number of hydrogen-bond acceptors (Lipinski definition) is 4. The molecule has 0 saturated heterocycles. The predicted octanol–water partition coefficient (Wildman–Crippen LogP) is 3.65. The van der Waals surface area contributed by atoms with Crippen molar-refractivity contribution in [2.24, 2.45) is 0 Å². The summed E-state index contributed by atoms with van der Waals surface area (Å²) in [6.45, 7) is 0.737. The molecule has 1 heterocycles. The Morgan fingerprint density at radius 1 is 1.35 bits per heavy atom. The predicted molar refractivity (Wildman–Crippen MR) is 91.9 cm³/mol. The lowest BCUT2D eigenvalue weighted by Gasteiger charge is -2.06. The molecule has 1 aromatic carbocycles. The number of carbonyl (C=O) groups is 1. The van der Waals surface area contributed by atoms with E-state index in [1.165, 1.54) is 0 Å². The van der Waals surface area contributed by atoms with Crippen LogP contribution in [0.15, 0.2) is 48.7 Å². The van der Waals surface area contributed by atoms with Crippen molar-refractivity contribution in [3.63, 3.8) is 0 Å². The number of pyridine rings is 1. The maximum Gasteiger partial charge on any atom is 0.407 e. The first kappa shape index (κ1) is 16.8. The summed E-state index contributed by atoms with van der Waals surface area (Å²) >= 11 is 5.73. The molecule has 1 aromatic heterocycles. The number of rotatable bonds is 6. The van der Waals surface area contributed by atoms with Crippen LogP contribution in [0, 0.1) is 0 Å². The van der Waals surface area contributed by atoms with Gasteiger partial charge < -0.3 is 15.8 Å². The van der Waals surface area contributed by atoms with Crippen LogP contribution in [0.3, 0.4) is 0 Å². The summed E-state index contributed by atoms with van der Waals surface area (Å²) in [5, 5.41) is 3.05. The molecule has 0 spiro atoms. The maximum atomic E-state index is 11.5. The highest BCUT2D eigenvalue weighted by Crippen LogP contribution is 2.16. The SMILES string of the molecule is Nc1cc(Cl)ncc1C=CCCNC(=O)OCc1ccccc1. The topological polar surface area (TPSA) is 77.2 Å². The third-order valence-corrected chi connectivity index (χ3v) is 3.23. The van der Waals surface area contributed by atoms with Crippen molar-refractivity contribution in [3.05, 3.63) is 65.0 Å². The van der Waals surface area contributed by atoms with E-state index in [2.05, 4.69) is 10.3 Å². The summed E-state index contributed by atoms with van der Waals surface area (Å²) in [4.78, 5) is 15.5. The van der Waals surface area contributed by atoms with Gasteiger partial charge in [-0.15, -0.1) is 0 Å². The average molecular weight is 332 g/mol. The number of aromatic nitrogens is 1. The van der Waals surface area contributed by atoms with E-state index in [1.807, 2.05) is 42.5 Å². The molecule has 0 saturated carbocycles. The second-order valence-corrected chi connectivity index (χ2v) is 5.20. The molecule has 1 amide bonds. The summed E-state index contributed by atoms with van der Waals surface area (Å²) < 4.78 is 5.11. The van der Waals surface area contributed by atoms with E-state index in [0.717, 1.165) is 11.1 Å². The van der Waals surface area contributed by atoms with Gasteiger partial charge in [0.25, 0.3) is 0 Å². The van der Waals surface area contributed by atoms with E-state index < -0.39 is 6.09 Å². The monoisotopic (exact) mass is 331 g/mol. The Morgan fingerprint density at radius 3 is 2.87 bits per heavy atom. The van der Waals surface area contributed by atoms with Gasteiger partial charge in [-0.25, -0.2) is 9.78 Å². The standard InChI is InChI=1S/C17H18ClN3O2/c18-16-10-15(19)14(11-21-16)8-4-5-9-20-17(22)23-12-13-6-2-1-3-7-13/h1-4,6-8,10-11H,5,9,12H2,(H2,19,21)(H,20,22). The number of hydrogen-bond donors (Lipinski definition) is 2. The van der Waals surface area contributed by atoms with Gasteiger partial charge in [0.15, 0.2) is 0 Å². The molecule has 0 aliphatic rings. The van der Waals surface area contributed by atoms with Crippen LogP contribution >= 0.6 is 11.6 Å². The minimum Gasteiger partial charge on any atom is -0.445 e. The zero-order valence-corrected chi connectivity index (χ0v) is 13.3. The number of nitrogen functional groups attached to an aromatic ring is 1. The van der Waals surface area contributed by atoms with Crippen molar-refractivity contribution in [1.82, 2.24) is 10.3 Å². The van der Waals surface area contributed by atoms with Gasteiger partial charge in [-0.05, 0) is 18.1 Å². The van der Waals surface area contributed by atoms with Crippen LogP contribution in [-0.2, 0) is 11.3 Å². The number of carbonyl (C=O) groups excluding carboxylic acids is 1. The van der Waals surface area contributed by atoms with Crippen molar-refractivity contribution >= 4 is 29.5 Å². The number of nitrogens with zero attached hydrogens (tertiary/aromatic N) is 1. The number of nitrogens with two attached hydrogens (primary N) is 1. The summed E-state index contributed by atoms with van der Waals surface area (Å²) in [5.41, 5.74) is 8.12. The Bertz CT molecular complexity index is 675. The van der Waals surface area contributed by atoms with Gasteiger partial charge in [-0.1, -0.05) is 54.1 Å². The number of alkyl carbamates (subject to hydrolysis) is 1. The van der Waals surface area contributed by atoms with E-state index in [0.29, 0.717) is 23.8 Å². The third kappa shape index (κ3) is 6.00. The number of anilines is 1. The lowest BCUT2D eigenvalue weighted by molar-refractivity contribution is 0.140. The molecule has 0 radical (unpaired) electrons. The molecule has 2 rings (SSSR count). The number of benzene rings is 1. The highest BCUT2D eigenvalue weighted by molar-refractivity contribution is 6.29. The quantitative estimate of drug-likeness (QED) is 0.625. The van der Waals surface area contributed by atoms with Gasteiger partial charge >= 0.3 is 6.09 Å². The van der Waals surface area contributed by atoms with Crippen LogP contribution in [0.1, 0.15) is 17.5 Å². The number of ether oxygens (including phenoxy) is 1. The van der Waals surface area contributed by atoms with Crippen LogP contribution < -0.4 is 11.1 Å². The molecule has 6 heteroatoms. The smallest absolute Gasteiger partial charge is 0.407 e. The molecular formula is C17H18ClN3O2. The lowest BCUT2D eigenvalue weighted by Crippen LogP contribution is -2.24. The molecule has 0 unspecified atom stereocenters. The van der Waals surface area contributed by atoms with E-state index in [1.54, 1.807) is 12.3 Å². The van der Waals surface area contributed by atoms with Crippen molar-refractivity contribution in [2.45, 2.75) is 13.0 Å². The van der Waals surface area contributed by atoms with Gasteiger partial charge in [-0.2, -0.15) is 0 Å². The van der Waals surface area contributed by atoms with Crippen LogP contribution in [0.2, 0.25) is 5.15 Å². The number of halogens is 1. The molecule has 0 bridgehead atoms. The summed E-state index contributed by atoms with van der Waals surface area (Å²) in [7, 11) is 0. The van der Waals surface area contributed by atoms with Crippen molar-refractivity contribution in [3.8, 4) is 0 Å². The minimum atomic E-state index is -0.435. The van der Waals surface area contributed by atoms with Crippen LogP contribution in [-0.4, -0.2) is 17.6 Å². The molecule has 3 N–H and O–H groups in total. The number of amides is 1. The van der Waals surface area contributed by atoms with Crippen molar-refractivity contribution in [1.29, 1.82) is 0 Å². The summed E-state index contributed by atoms with van der Waals surface area (Å²) in [6.07, 6.45) is 5.57. The fraction of sp³-hybridized carbons (Fsp3) is 0.176. The molecule has 2 aromatic rings. The molecule has 5 nitrogen and oxygen atoms in total. The Morgan fingerprint density at radius 2 is 2.13 bits per heavy atom. The average Bonchev–Trinajstić information content (AvgIpc) is 2.55. The van der Waals surface area contributed by atoms with E-state index >= 15 is 0 Å². The summed E-state index contributed by atoms with van der Waals surface area (Å²) in [6, 6.07) is 11.1. The molecule has 0 fully saturated rings. The fourth-order valence-corrected chi connectivity index (χ4v) is 2.00. The first-order valence-electron chi connectivity index (χ1n) is 7.17. The molecular weight excluding hydrogens is 314 g/mol. The summed E-state index contributed by atoms with van der Waals surface area (Å²) in [5.74, 6) is 0. The van der Waals surface area contributed by atoms with E-state index in [4.69, 9.17) is 22.1 Å². The zero-order valence-electron chi connectivity index (χ0n) is 12.5. The Labute approximate surface area is 140 Å². The highest BCUT2D eigenvalue weighted by Gasteiger charge is 2.01. The lowest BCUT2D eigenvalue weighted by atomic mass is 10.2. The van der Waals surface area contributed by atoms with Gasteiger partial charge in [-0.3, -0.25) is 0 Å². The first-order chi connectivity index (χ1) is 11.1.